The van der Waals surface area contributed by atoms with Gasteiger partial charge in [-0.3, -0.25) is 4.79 Å². The van der Waals surface area contributed by atoms with E-state index in [0.717, 1.165) is 42.6 Å². The van der Waals surface area contributed by atoms with Crippen molar-refractivity contribution >= 4 is 34.7 Å². The van der Waals surface area contributed by atoms with Gasteiger partial charge in [0.05, 0.1) is 23.8 Å². The van der Waals surface area contributed by atoms with Gasteiger partial charge >= 0.3 is 0 Å². The summed E-state index contributed by atoms with van der Waals surface area (Å²) in [4.78, 5) is 15.0. The molecule has 1 N–H and O–H groups in total. The summed E-state index contributed by atoms with van der Waals surface area (Å²) >= 11 is 12.2. The van der Waals surface area contributed by atoms with E-state index >= 15 is 0 Å². The largest absolute Gasteiger partial charge is 0.490 e. The smallest absolute Gasteiger partial charge is 0.180 e. The molecule has 0 saturated heterocycles. The molecule has 1 aliphatic heterocycles. The minimum absolute atomic E-state index is 0.0326. The first-order valence-electron chi connectivity index (χ1n) is 10.3. The predicted octanol–water partition coefficient (Wildman–Crippen LogP) is 5.17. The molecule has 0 bridgehead atoms. The number of halogens is 1. The van der Waals surface area contributed by atoms with E-state index in [1.807, 2.05) is 32.9 Å². The van der Waals surface area contributed by atoms with E-state index in [4.69, 9.17) is 33.3 Å². The van der Waals surface area contributed by atoms with Crippen LogP contribution in [0.3, 0.4) is 0 Å². The summed E-state index contributed by atoms with van der Waals surface area (Å²) in [6.45, 7) is 9.21. The quantitative estimate of drug-likeness (QED) is 0.595. The Hall–Kier alpha value is -1.79. The maximum absolute atomic E-state index is 12.9. The van der Waals surface area contributed by atoms with Gasteiger partial charge in [-0.25, -0.2) is 0 Å². The van der Waals surface area contributed by atoms with Crippen LogP contribution in [0.25, 0.3) is 0 Å². The van der Waals surface area contributed by atoms with Crippen molar-refractivity contribution in [2.24, 2.45) is 0 Å². The summed E-state index contributed by atoms with van der Waals surface area (Å²) in [7, 11) is 0. The lowest BCUT2D eigenvalue weighted by molar-refractivity contribution is -0.116. The summed E-state index contributed by atoms with van der Waals surface area (Å²) in [5.74, 6) is 1.28. The summed E-state index contributed by atoms with van der Waals surface area (Å²) in [6, 6.07) is 3.43. The van der Waals surface area contributed by atoms with Gasteiger partial charge in [-0.1, -0.05) is 18.5 Å². The number of allylic oxidation sites excluding steroid dienone is 1. The van der Waals surface area contributed by atoms with E-state index in [1.165, 1.54) is 0 Å². The Bertz CT molecular complexity index is 838. The van der Waals surface area contributed by atoms with E-state index in [9.17, 15) is 4.79 Å². The third kappa shape index (κ3) is 4.53. The second kappa shape index (κ2) is 9.35. The molecule has 3 rings (SSSR count). The monoisotopic (exact) mass is 436 g/mol. The van der Waals surface area contributed by atoms with Crippen molar-refractivity contribution in [2.75, 3.05) is 13.2 Å². The van der Waals surface area contributed by atoms with Crippen LogP contribution in [0.5, 0.6) is 11.5 Å². The predicted molar refractivity (Wildman–Crippen MR) is 120 cm³/mol. The van der Waals surface area contributed by atoms with Crippen LogP contribution in [0, 0.1) is 0 Å². The highest BCUT2D eigenvalue weighted by molar-refractivity contribution is 7.80. The number of carbonyl (C=O) groups is 1. The number of ketones is 1. The second-order valence-electron chi connectivity index (χ2n) is 7.60. The number of hydrogen-bond donors (Lipinski definition) is 1. The molecule has 7 heteroatoms. The number of benzene rings is 1. The van der Waals surface area contributed by atoms with E-state index in [-0.39, 0.29) is 17.9 Å². The van der Waals surface area contributed by atoms with Crippen LogP contribution in [0.2, 0.25) is 5.02 Å². The lowest BCUT2D eigenvalue weighted by Gasteiger charge is -2.41. The normalized spacial score (nSPS) is 19.4. The van der Waals surface area contributed by atoms with Gasteiger partial charge in [0, 0.05) is 24.2 Å². The average Bonchev–Trinajstić information content (AvgIpc) is 2.66. The minimum atomic E-state index is -0.330. The fourth-order valence-electron chi connectivity index (χ4n) is 3.93. The Morgan fingerprint density at radius 1 is 1.31 bits per heavy atom. The van der Waals surface area contributed by atoms with Crippen LogP contribution in [-0.2, 0) is 4.79 Å². The number of thiocarbonyl (C=S) groups is 1. The zero-order chi connectivity index (χ0) is 21.1. The highest BCUT2D eigenvalue weighted by atomic mass is 35.5. The molecule has 29 heavy (non-hydrogen) atoms. The van der Waals surface area contributed by atoms with Crippen LogP contribution in [0.15, 0.2) is 23.4 Å². The Morgan fingerprint density at radius 3 is 2.72 bits per heavy atom. The third-order valence-corrected chi connectivity index (χ3v) is 5.64. The number of rotatable bonds is 7. The standard InChI is InChI=1S/C22H29ClN2O3S/c1-5-10-25-16-8-7-9-17(26)19(16)20(24-22(25)29)14-11-15(23)21(28-13(3)4)18(12-14)27-6-2/h11-13,20H,5-10H2,1-4H3,(H,24,29). The fraction of sp³-hybridized carbons (Fsp3) is 0.545. The van der Waals surface area contributed by atoms with Crippen LogP contribution < -0.4 is 14.8 Å². The molecular formula is C22H29ClN2O3S. The van der Waals surface area contributed by atoms with Crippen LogP contribution in [-0.4, -0.2) is 35.1 Å². The van der Waals surface area contributed by atoms with Crippen molar-refractivity contribution in [3.8, 4) is 11.5 Å². The van der Waals surface area contributed by atoms with Gasteiger partial charge < -0.3 is 19.7 Å². The molecule has 0 amide bonds. The lowest BCUT2D eigenvalue weighted by atomic mass is 9.84. The summed E-state index contributed by atoms with van der Waals surface area (Å²) in [6.07, 6.45) is 3.21. The molecule has 5 nitrogen and oxygen atoms in total. The van der Waals surface area contributed by atoms with E-state index in [2.05, 4.69) is 17.1 Å². The average molecular weight is 437 g/mol. The fourth-order valence-corrected chi connectivity index (χ4v) is 4.51. The first-order chi connectivity index (χ1) is 13.9. The SMILES string of the molecule is CCCN1C(=S)NC(c2cc(Cl)c(OC(C)C)c(OCC)c2)C2=C1CCCC2=O. The van der Waals surface area contributed by atoms with Gasteiger partial charge in [0.2, 0.25) is 0 Å². The summed E-state index contributed by atoms with van der Waals surface area (Å²) in [5, 5.41) is 4.50. The van der Waals surface area contributed by atoms with Crippen molar-refractivity contribution in [3.63, 3.8) is 0 Å². The van der Waals surface area contributed by atoms with Gasteiger partial charge in [0.25, 0.3) is 0 Å². The topological polar surface area (TPSA) is 50.8 Å². The summed E-state index contributed by atoms with van der Waals surface area (Å²) in [5.41, 5.74) is 2.71. The van der Waals surface area contributed by atoms with Gasteiger partial charge in [0.1, 0.15) is 0 Å². The van der Waals surface area contributed by atoms with E-state index < -0.39 is 0 Å². The van der Waals surface area contributed by atoms with Crippen molar-refractivity contribution in [1.29, 1.82) is 0 Å². The minimum Gasteiger partial charge on any atom is -0.490 e. The maximum Gasteiger partial charge on any atom is 0.180 e. The van der Waals surface area contributed by atoms with Gasteiger partial charge in [-0.2, -0.15) is 0 Å². The number of nitrogens with zero attached hydrogens (tertiary/aromatic N) is 1. The Morgan fingerprint density at radius 2 is 2.07 bits per heavy atom. The Balaban J connectivity index is 2.10. The maximum atomic E-state index is 12.9. The molecule has 1 atom stereocenters. The molecule has 1 aliphatic carbocycles. The molecule has 0 saturated carbocycles. The van der Waals surface area contributed by atoms with Crippen molar-refractivity contribution in [1.82, 2.24) is 10.2 Å². The molecule has 158 valence electrons. The van der Waals surface area contributed by atoms with Crippen LogP contribution in [0.1, 0.15) is 65.0 Å². The molecule has 0 fully saturated rings. The molecule has 1 aromatic rings. The highest BCUT2D eigenvalue weighted by Gasteiger charge is 2.37. The number of Topliss-reactive ketones (excluding diaryl/α,β-unsaturated/α-hetero) is 1. The highest BCUT2D eigenvalue weighted by Crippen LogP contribution is 2.43. The summed E-state index contributed by atoms with van der Waals surface area (Å²) < 4.78 is 11.7. The first kappa shape index (κ1) is 21.9. The first-order valence-corrected chi connectivity index (χ1v) is 11.1. The van der Waals surface area contributed by atoms with Crippen molar-refractivity contribution < 1.29 is 14.3 Å². The van der Waals surface area contributed by atoms with Gasteiger partial charge in [-0.15, -0.1) is 0 Å². The van der Waals surface area contributed by atoms with Crippen molar-refractivity contribution in [3.05, 3.63) is 34.0 Å². The van der Waals surface area contributed by atoms with Crippen molar-refractivity contribution in [2.45, 2.75) is 65.5 Å². The van der Waals surface area contributed by atoms with E-state index in [0.29, 0.717) is 34.7 Å². The Kier molecular flexibility index (Phi) is 7.06. The van der Waals surface area contributed by atoms with Gasteiger partial charge in [0.15, 0.2) is 22.4 Å². The zero-order valence-corrected chi connectivity index (χ0v) is 19.1. The second-order valence-corrected chi connectivity index (χ2v) is 8.39. The number of ether oxygens (including phenoxy) is 2. The number of carbonyl (C=O) groups excluding carboxylic acids is 1. The molecule has 1 unspecified atom stereocenters. The lowest BCUT2D eigenvalue weighted by Crippen LogP contribution is -2.49. The number of hydrogen-bond acceptors (Lipinski definition) is 4. The molecule has 0 radical (unpaired) electrons. The molecular weight excluding hydrogens is 408 g/mol. The molecule has 0 spiro atoms. The molecule has 0 aromatic heterocycles. The van der Waals surface area contributed by atoms with Crippen LogP contribution in [0.4, 0.5) is 0 Å². The molecule has 2 aliphatic rings. The van der Waals surface area contributed by atoms with Crippen LogP contribution >= 0.6 is 23.8 Å². The Labute approximate surface area is 183 Å². The van der Waals surface area contributed by atoms with Gasteiger partial charge in [-0.05, 0) is 69.9 Å². The molecule has 1 heterocycles. The molecule has 1 aromatic carbocycles. The number of nitrogens with one attached hydrogen (secondary N) is 1. The van der Waals surface area contributed by atoms with E-state index in [1.54, 1.807) is 0 Å². The zero-order valence-electron chi connectivity index (χ0n) is 17.5. The third-order valence-electron chi connectivity index (χ3n) is 5.02.